The number of carbonyl (C=O) groups is 1. The van der Waals surface area contributed by atoms with Gasteiger partial charge in [-0.2, -0.15) is 0 Å². The van der Waals surface area contributed by atoms with Crippen LogP contribution in [-0.4, -0.2) is 25.7 Å². The minimum Gasteiger partial charge on any atom is -0.372 e. The van der Waals surface area contributed by atoms with E-state index >= 15 is 0 Å². The molecule has 1 amide bonds. The minimum absolute atomic E-state index is 0.0403. The maximum Gasteiger partial charge on any atom is 0.246 e. The van der Waals surface area contributed by atoms with Gasteiger partial charge >= 0.3 is 0 Å². The van der Waals surface area contributed by atoms with Crippen molar-refractivity contribution in [1.29, 1.82) is 0 Å². The molecule has 1 aliphatic rings. The second-order valence-electron chi connectivity index (χ2n) is 6.13. The van der Waals surface area contributed by atoms with Crippen LogP contribution in [0.15, 0.2) is 0 Å². The van der Waals surface area contributed by atoms with Gasteiger partial charge < -0.3 is 10.1 Å². The van der Waals surface area contributed by atoms with Crippen LogP contribution < -0.4 is 5.32 Å². The standard InChI is InChI=1S/C15H29NO2/c1-4-9-18-11-14(17)16-12-15(10-13(2)3)7-5-6-8-15/h13H,4-12H2,1-3H3,(H,16,17). The highest BCUT2D eigenvalue weighted by Gasteiger charge is 2.34. The summed E-state index contributed by atoms with van der Waals surface area (Å²) in [6, 6.07) is 0. The minimum atomic E-state index is 0.0403. The summed E-state index contributed by atoms with van der Waals surface area (Å²) in [5.41, 5.74) is 0.356. The van der Waals surface area contributed by atoms with Crippen molar-refractivity contribution in [3.63, 3.8) is 0 Å². The van der Waals surface area contributed by atoms with E-state index in [1.54, 1.807) is 0 Å². The zero-order chi connectivity index (χ0) is 13.4. The number of ether oxygens (including phenoxy) is 1. The number of amides is 1. The van der Waals surface area contributed by atoms with Gasteiger partial charge in [-0.1, -0.05) is 33.6 Å². The third-order valence-electron chi connectivity index (χ3n) is 3.75. The zero-order valence-electron chi connectivity index (χ0n) is 12.3. The lowest BCUT2D eigenvalue weighted by Gasteiger charge is -2.31. The SMILES string of the molecule is CCCOCC(=O)NCC1(CC(C)C)CCCC1. The van der Waals surface area contributed by atoms with Crippen molar-refractivity contribution >= 4 is 5.91 Å². The lowest BCUT2D eigenvalue weighted by atomic mass is 9.78. The molecular weight excluding hydrogens is 226 g/mol. The molecule has 0 spiro atoms. The summed E-state index contributed by atoms with van der Waals surface area (Å²) in [5.74, 6) is 0.745. The maximum atomic E-state index is 11.7. The molecule has 0 heterocycles. The number of hydrogen-bond donors (Lipinski definition) is 1. The topological polar surface area (TPSA) is 38.3 Å². The molecule has 1 fully saturated rings. The van der Waals surface area contributed by atoms with Crippen LogP contribution in [-0.2, 0) is 9.53 Å². The summed E-state index contributed by atoms with van der Waals surface area (Å²) >= 11 is 0. The molecule has 0 aromatic carbocycles. The van der Waals surface area contributed by atoms with Crippen LogP contribution >= 0.6 is 0 Å². The monoisotopic (exact) mass is 255 g/mol. The maximum absolute atomic E-state index is 11.7. The highest BCUT2D eigenvalue weighted by molar-refractivity contribution is 5.77. The smallest absolute Gasteiger partial charge is 0.246 e. The predicted octanol–water partition coefficient (Wildman–Crippen LogP) is 3.14. The van der Waals surface area contributed by atoms with Crippen molar-refractivity contribution in [1.82, 2.24) is 5.32 Å². The quantitative estimate of drug-likeness (QED) is 0.677. The molecule has 3 heteroatoms. The molecule has 0 aromatic rings. The third kappa shape index (κ3) is 5.38. The number of nitrogens with one attached hydrogen (secondary N) is 1. The molecule has 0 unspecified atom stereocenters. The summed E-state index contributed by atoms with van der Waals surface area (Å²) in [7, 11) is 0. The zero-order valence-corrected chi connectivity index (χ0v) is 12.3. The molecule has 0 bridgehead atoms. The van der Waals surface area contributed by atoms with Crippen LogP contribution in [0, 0.1) is 11.3 Å². The van der Waals surface area contributed by atoms with Crippen molar-refractivity contribution in [2.24, 2.45) is 11.3 Å². The van der Waals surface area contributed by atoms with Crippen LogP contribution in [0.25, 0.3) is 0 Å². The fourth-order valence-corrected chi connectivity index (χ4v) is 3.09. The normalized spacial score (nSPS) is 18.2. The molecule has 0 aromatic heterocycles. The second-order valence-corrected chi connectivity index (χ2v) is 6.13. The van der Waals surface area contributed by atoms with Gasteiger partial charge in [0.1, 0.15) is 6.61 Å². The van der Waals surface area contributed by atoms with E-state index in [-0.39, 0.29) is 12.5 Å². The Balaban J connectivity index is 2.31. The Labute approximate surface area is 112 Å². The van der Waals surface area contributed by atoms with Gasteiger partial charge in [-0.25, -0.2) is 0 Å². The van der Waals surface area contributed by atoms with Gasteiger partial charge in [-0.3, -0.25) is 4.79 Å². The first-order valence-electron chi connectivity index (χ1n) is 7.42. The Hall–Kier alpha value is -0.570. The molecule has 106 valence electrons. The van der Waals surface area contributed by atoms with Crippen LogP contribution in [0.3, 0.4) is 0 Å². The Morgan fingerprint density at radius 2 is 2.00 bits per heavy atom. The summed E-state index contributed by atoms with van der Waals surface area (Å²) in [4.78, 5) is 11.7. The number of rotatable bonds is 8. The fourth-order valence-electron chi connectivity index (χ4n) is 3.09. The molecule has 3 nitrogen and oxygen atoms in total. The van der Waals surface area contributed by atoms with Crippen LogP contribution in [0.5, 0.6) is 0 Å². The van der Waals surface area contributed by atoms with Gasteiger partial charge in [0, 0.05) is 13.2 Å². The van der Waals surface area contributed by atoms with Gasteiger partial charge in [0.15, 0.2) is 0 Å². The molecule has 1 saturated carbocycles. The molecule has 18 heavy (non-hydrogen) atoms. The van der Waals surface area contributed by atoms with E-state index in [0.29, 0.717) is 17.9 Å². The first kappa shape index (κ1) is 15.5. The van der Waals surface area contributed by atoms with E-state index in [1.165, 1.54) is 32.1 Å². The summed E-state index contributed by atoms with van der Waals surface area (Å²) in [6.07, 6.45) is 7.35. The predicted molar refractivity (Wildman–Crippen MR) is 74.5 cm³/mol. The average molecular weight is 255 g/mol. The largest absolute Gasteiger partial charge is 0.372 e. The summed E-state index contributed by atoms with van der Waals surface area (Å²) in [6.45, 7) is 8.31. The van der Waals surface area contributed by atoms with Gasteiger partial charge in [-0.15, -0.1) is 0 Å². The van der Waals surface area contributed by atoms with E-state index in [2.05, 4.69) is 19.2 Å². The van der Waals surface area contributed by atoms with Crippen molar-refractivity contribution < 1.29 is 9.53 Å². The fraction of sp³-hybridized carbons (Fsp3) is 0.933. The number of hydrogen-bond acceptors (Lipinski definition) is 2. The van der Waals surface area contributed by atoms with Crippen molar-refractivity contribution in [2.45, 2.75) is 59.3 Å². The third-order valence-corrected chi connectivity index (χ3v) is 3.75. The van der Waals surface area contributed by atoms with Crippen LogP contribution in [0.1, 0.15) is 59.3 Å². The first-order chi connectivity index (χ1) is 8.58. The average Bonchev–Trinajstić information content (AvgIpc) is 2.75. The highest BCUT2D eigenvalue weighted by atomic mass is 16.5. The molecule has 0 atom stereocenters. The molecule has 1 aliphatic carbocycles. The van der Waals surface area contributed by atoms with E-state index in [1.807, 2.05) is 6.92 Å². The van der Waals surface area contributed by atoms with Crippen LogP contribution in [0.2, 0.25) is 0 Å². The lowest BCUT2D eigenvalue weighted by molar-refractivity contribution is -0.126. The summed E-state index contributed by atoms with van der Waals surface area (Å²) < 4.78 is 5.26. The molecule has 0 aliphatic heterocycles. The Bertz CT molecular complexity index is 245. The molecule has 0 saturated heterocycles. The molecule has 1 rings (SSSR count). The Morgan fingerprint density at radius 1 is 1.33 bits per heavy atom. The molecular formula is C15H29NO2. The van der Waals surface area contributed by atoms with Gasteiger partial charge in [-0.05, 0) is 37.0 Å². The highest BCUT2D eigenvalue weighted by Crippen LogP contribution is 2.42. The summed E-state index contributed by atoms with van der Waals surface area (Å²) in [5, 5.41) is 3.07. The van der Waals surface area contributed by atoms with E-state index in [4.69, 9.17) is 4.74 Å². The Kier molecular flexibility index (Phi) is 6.69. The van der Waals surface area contributed by atoms with Gasteiger partial charge in [0.05, 0.1) is 0 Å². The second kappa shape index (κ2) is 7.78. The van der Waals surface area contributed by atoms with Gasteiger partial charge in [0.25, 0.3) is 0 Å². The molecule has 1 N–H and O–H groups in total. The van der Waals surface area contributed by atoms with Crippen molar-refractivity contribution in [3.05, 3.63) is 0 Å². The van der Waals surface area contributed by atoms with E-state index in [9.17, 15) is 4.79 Å². The van der Waals surface area contributed by atoms with Crippen molar-refractivity contribution in [2.75, 3.05) is 19.8 Å². The van der Waals surface area contributed by atoms with Gasteiger partial charge in [0.2, 0.25) is 5.91 Å². The van der Waals surface area contributed by atoms with Crippen LogP contribution in [0.4, 0.5) is 0 Å². The van der Waals surface area contributed by atoms with Crippen molar-refractivity contribution in [3.8, 4) is 0 Å². The Morgan fingerprint density at radius 3 is 2.56 bits per heavy atom. The molecule has 0 radical (unpaired) electrons. The number of carbonyl (C=O) groups excluding carboxylic acids is 1. The lowest BCUT2D eigenvalue weighted by Crippen LogP contribution is -2.38. The first-order valence-corrected chi connectivity index (χ1v) is 7.42. The van der Waals surface area contributed by atoms with E-state index < -0.39 is 0 Å². The van der Waals surface area contributed by atoms with E-state index in [0.717, 1.165) is 13.0 Å².